The average molecular weight is 486 g/mol. The molecule has 4 fully saturated rings. The number of carbonyl (C=O) groups is 1. The van der Waals surface area contributed by atoms with Gasteiger partial charge in [-0.1, -0.05) is 11.2 Å². The van der Waals surface area contributed by atoms with Crippen LogP contribution < -0.4 is 10.6 Å². The normalized spacial score (nSPS) is 28.5. The first-order valence-electron chi connectivity index (χ1n) is 12.5. The van der Waals surface area contributed by atoms with Crippen LogP contribution in [0.25, 0.3) is 22.5 Å². The van der Waals surface area contributed by atoms with Crippen LogP contribution in [0.2, 0.25) is 0 Å². The number of fused-ring (bicyclic) bond motifs is 1. The number of rotatable bonds is 6. The molecule has 4 aromatic rings. The summed E-state index contributed by atoms with van der Waals surface area (Å²) in [5.74, 6) is 1.25. The van der Waals surface area contributed by atoms with Crippen LogP contribution in [0.15, 0.2) is 47.5 Å². The predicted octanol–water partition coefficient (Wildman–Crippen LogP) is 3.29. The summed E-state index contributed by atoms with van der Waals surface area (Å²) >= 11 is 0. The number of nitrogens with one attached hydrogen (secondary N) is 3. The zero-order valence-corrected chi connectivity index (χ0v) is 19.6. The third kappa shape index (κ3) is 3.63. The van der Waals surface area contributed by atoms with E-state index in [-0.39, 0.29) is 17.8 Å². The number of hydrogen-bond acceptors (Lipinski definition) is 8. The van der Waals surface area contributed by atoms with Gasteiger partial charge in [0.25, 0.3) is 17.6 Å². The van der Waals surface area contributed by atoms with Crippen molar-refractivity contribution in [3.8, 4) is 11.5 Å². The van der Waals surface area contributed by atoms with Gasteiger partial charge in [0.15, 0.2) is 0 Å². The Morgan fingerprint density at radius 3 is 2.83 bits per heavy atom. The number of hydrogen-bond donors (Lipinski definition) is 4. The quantitative estimate of drug-likeness (QED) is 0.326. The number of nitrogens with zero attached hydrogens (tertiary/aromatic N) is 4. The lowest BCUT2D eigenvalue weighted by Gasteiger charge is -2.58. The van der Waals surface area contributed by atoms with Crippen molar-refractivity contribution in [2.24, 2.45) is 17.8 Å². The lowest BCUT2D eigenvalue weighted by atomic mass is 9.52. The summed E-state index contributed by atoms with van der Waals surface area (Å²) in [7, 11) is 0. The molecule has 4 bridgehead atoms. The van der Waals surface area contributed by atoms with Gasteiger partial charge in [0.1, 0.15) is 5.65 Å². The van der Waals surface area contributed by atoms with Crippen molar-refractivity contribution < 1.29 is 14.4 Å². The Kier molecular flexibility index (Phi) is 4.85. The Balaban J connectivity index is 1.17. The van der Waals surface area contributed by atoms with Gasteiger partial charge in [-0.25, -0.2) is 4.98 Å². The van der Waals surface area contributed by atoms with Crippen molar-refractivity contribution in [3.63, 3.8) is 0 Å². The zero-order valence-electron chi connectivity index (χ0n) is 19.6. The summed E-state index contributed by atoms with van der Waals surface area (Å²) in [5.41, 5.74) is 2.68. The highest BCUT2D eigenvalue weighted by Gasteiger charge is 2.54. The Hall–Kier alpha value is -3.79. The zero-order chi connectivity index (χ0) is 24.3. The topological polar surface area (TPSA) is 142 Å². The van der Waals surface area contributed by atoms with E-state index in [2.05, 4.69) is 35.7 Å². The van der Waals surface area contributed by atoms with Crippen LogP contribution in [0.4, 0.5) is 5.69 Å². The molecule has 0 aromatic carbocycles. The molecule has 4 aliphatic rings. The molecule has 8 rings (SSSR count). The highest BCUT2D eigenvalue weighted by Crippen LogP contribution is 2.56. The highest BCUT2D eigenvalue weighted by atomic mass is 16.5. The van der Waals surface area contributed by atoms with Crippen LogP contribution in [0, 0.1) is 17.8 Å². The molecule has 4 aromatic heterocycles. The molecule has 36 heavy (non-hydrogen) atoms. The van der Waals surface area contributed by atoms with Crippen LogP contribution in [0.5, 0.6) is 0 Å². The largest absolute Gasteiger partial charge is 0.390 e. The molecule has 4 heterocycles. The molecule has 184 valence electrons. The molecule has 0 spiro atoms. The van der Waals surface area contributed by atoms with Crippen LogP contribution in [-0.2, 0) is 6.54 Å². The number of anilines is 1. The van der Waals surface area contributed by atoms with Gasteiger partial charge in [0, 0.05) is 42.8 Å². The standard InChI is InChI=1S/C26H27N7O3/c34-24(30-12-14-2-1-4-27-11-14)23-32-25(36-33-23)19-13-29-22-18(3-5-28-22)21(19)31-20-16-6-15-7-17(20)10-26(35,8-15)9-16/h1-5,11,13,15-17,20,35H,6-10,12H2,(H,30,34)(H2,28,29,31)/t15?,16-,17+,20+,26-. The summed E-state index contributed by atoms with van der Waals surface area (Å²) in [4.78, 5) is 28.8. The first-order chi connectivity index (χ1) is 17.5. The molecule has 1 unspecified atom stereocenters. The summed E-state index contributed by atoms with van der Waals surface area (Å²) in [6.07, 6.45) is 11.9. The van der Waals surface area contributed by atoms with Gasteiger partial charge in [-0.05, 0) is 67.6 Å². The number of carbonyl (C=O) groups excluding carboxylic acids is 1. The van der Waals surface area contributed by atoms with Gasteiger partial charge in [-0.2, -0.15) is 4.98 Å². The first kappa shape index (κ1) is 21.5. The molecule has 1 amide bonds. The van der Waals surface area contributed by atoms with Gasteiger partial charge in [0.2, 0.25) is 0 Å². The fraction of sp³-hybridized carbons (Fsp3) is 0.423. The van der Waals surface area contributed by atoms with Crippen molar-refractivity contribution in [3.05, 3.63) is 54.4 Å². The number of aromatic nitrogens is 5. The minimum absolute atomic E-state index is 0.0362. The summed E-state index contributed by atoms with van der Waals surface area (Å²) in [6.45, 7) is 0.317. The lowest BCUT2D eigenvalue weighted by Crippen LogP contribution is -2.59. The van der Waals surface area contributed by atoms with Crippen molar-refractivity contribution in [2.75, 3.05) is 5.32 Å². The van der Waals surface area contributed by atoms with Crippen molar-refractivity contribution in [2.45, 2.75) is 50.3 Å². The van der Waals surface area contributed by atoms with Crippen molar-refractivity contribution >= 4 is 22.6 Å². The van der Waals surface area contributed by atoms with Crippen LogP contribution >= 0.6 is 0 Å². The maximum Gasteiger partial charge on any atom is 0.292 e. The van der Waals surface area contributed by atoms with E-state index in [1.165, 1.54) is 0 Å². The van der Waals surface area contributed by atoms with E-state index in [1.807, 2.05) is 24.4 Å². The van der Waals surface area contributed by atoms with E-state index in [4.69, 9.17) is 4.52 Å². The van der Waals surface area contributed by atoms with E-state index in [0.717, 1.165) is 54.4 Å². The average Bonchev–Trinajstić information content (AvgIpc) is 3.54. The monoisotopic (exact) mass is 485 g/mol. The molecule has 4 saturated carbocycles. The second kappa shape index (κ2) is 8.12. The van der Waals surface area contributed by atoms with Crippen molar-refractivity contribution in [1.29, 1.82) is 0 Å². The molecular formula is C26H27N7O3. The molecule has 10 heteroatoms. The van der Waals surface area contributed by atoms with Crippen LogP contribution in [0.1, 0.15) is 48.3 Å². The van der Waals surface area contributed by atoms with E-state index >= 15 is 0 Å². The fourth-order valence-electron chi connectivity index (χ4n) is 6.90. The molecular weight excluding hydrogens is 458 g/mol. The van der Waals surface area contributed by atoms with E-state index < -0.39 is 11.5 Å². The van der Waals surface area contributed by atoms with Gasteiger partial charge in [0.05, 0.1) is 16.9 Å². The Bertz CT molecular complexity index is 1420. The SMILES string of the molecule is O=C(NCc1cccnc1)c1noc(-c2cnc3[nH]ccc3c2N[C@H]2[C@@H]3CC4C[C@H]2C[C@@](O)(C4)C3)n1. The van der Waals surface area contributed by atoms with E-state index in [0.29, 0.717) is 29.9 Å². The smallest absolute Gasteiger partial charge is 0.292 e. The molecule has 0 aliphatic heterocycles. The van der Waals surface area contributed by atoms with Gasteiger partial charge < -0.3 is 25.2 Å². The number of H-pyrrole nitrogens is 1. The summed E-state index contributed by atoms with van der Waals surface area (Å²) in [6, 6.07) is 5.94. The number of aromatic amines is 1. The van der Waals surface area contributed by atoms with Gasteiger partial charge in [-0.15, -0.1) is 0 Å². The van der Waals surface area contributed by atoms with Crippen LogP contribution in [-0.4, -0.2) is 47.7 Å². The second-order valence-corrected chi connectivity index (χ2v) is 10.6. The summed E-state index contributed by atoms with van der Waals surface area (Å²) in [5, 5.41) is 22.5. The number of pyridine rings is 2. The maximum atomic E-state index is 12.7. The first-order valence-corrected chi connectivity index (χ1v) is 12.5. The van der Waals surface area contributed by atoms with Crippen molar-refractivity contribution in [1.82, 2.24) is 30.4 Å². The third-order valence-corrected chi connectivity index (χ3v) is 8.17. The maximum absolute atomic E-state index is 12.7. The second-order valence-electron chi connectivity index (χ2n) is 10.6. The Morgan fingerprint density at radius 2 is 2.06 bits per heavy atom. The lowest BCUT2D eigenvalue weighted by molar-refractivity contribution is -0.129. The van der Waals surface area contributed by atoms with Gasteiger partial charge in [-0.3, -0.25) is 9.78 Å². The third-order valence-electron chi connectivity index (χ3n) is 8.17. The fourth-order valence-corrected chi connectivity index (χ4v) is 6.90. The Labute approximate surface area is 206 Å². The predicted molar refractivity (Wildman–Crippen MR) is 131 cm³/mol. The molecule has 0 radical (unpaired) electrons. The molecule has 10 nitrogen and oxygen atoms in total. The molecule has 4 aliphatic carbocycles. The van der Waals surface area contributed by atoms with Crippen LogP contribution in [0.3, 0.4) is 0 Å². The summed E-state index contributed by atoms with van der Waals surface area (Å²) < 4.78 is 5.55. The Morgan fingerprint density at radius 1 is 1.19 bits per heavy atom. The number of amides is 1. The minimum Gasteiger partial charge on any atom is -0.390 e. The molecule has 4 N–H and O–H groups in total. The molecule has 5 atom stereocenters. The van der Waals surface area contributed by atoms with Gasteiger partial charge >= 0.3 is 0 Å². The minimum atomic E-state index is -0.496. The highest BCUT2D eigenvalue weighted by molar-refractivity contribution is 5.97. The number of aliphatic hydroxyl groups is 1. The van der Waals surface area contributed by atoms with E-state index in [9.17, 15) is 9.90 Å². The molecule has 0 saturated heterocycles. The van der Waals surface area contributed by atoms with E-state index in [1.54, 1.807) is 18.6 Å².